The van der Waals surface area contributed by atoms with Crippen LogP contribution in [0.25, 0.3) is 0 Å². The SMILES string of the molecule is CSCC(C)(O)CNC(=O)c1ccc(Br)cc1Br. The second-order valence-electron chi connectivity index (χ2n) is 4.24. The third-order valence-electron chi connectivity index (χ3n) is 2.26. The van der Waals surface area contributed by atoms with Gasteiger partial charge in [0.25, 0.3) is 5.91 Å². The van der Waals surface area contributed by atoms with Crippen LogP contribution in [0.15, 0.2) is 27.1 Å². The highest BCUT2D eigenvalue weighted by Gasteiger charge is 2.21. The van der Waals surface area contributed by atoms with E-state index in [1.165, 1.54) is 0 Å². The first-order valence-electron chi connectivity index (χ1n) is 5.30. The molecule has 0 bridgehead atoms. The summed E-state index contributed by atoms with van der Waals surface area (Å²) in [6, 6.07) is 5.35. The first-order valence-corrected chi connectivity index (χ1v) is 8.28. The van der Waals surface area contributed by atoms with Crippen LogP contribution in [0, 0.1) is 0 Å². The van der Waals surface area contributed by atoms with Crippen LogP contribution in [0.1, 0.15) is 17.3 Å². The zero-order valence-electron chi connectivity index (χ0n) is 10.2. The van der Waals surface area contributed by atoms with Crippen molar-refractivity contribution in [3.8, 4) is 0 Å². The van der Waals surface area contributed by atoms with Gasteiger partial charge in [0.2, 0.25) is 0 Å². The zero-order chi connectivity index (χ0) is 13.8. The molecule has 0 saturated carbocycles. The fraction of sp³-hybridized carbons (Fsp3) is 0.417. The zero-order valence-corrected chi connectivity index (χ0v) is 14.2. The quantitative estimate of drug-likeness (QED) is 0.804. The van der Waals surface area contributed by atoms with E-state index in [0.29, 0.717) is 11.3 Å². The summed E-state index contributed by atoms with van der Waals surface area (Å²) in [4.78, 5) is 12.0. The number of halogens is 2. The Bertz CT molecular complexity index is 438. The van der Waals surface area contributed by atoms with Gasteiger partial charge in [0, 0.05) is 21.2 Å². The number of hydrogen-bond donors (Lipinski definition) is 2. The lowest BCUT2D eigenvalue weighted by atomic mass is 10.1. The molecule has 100 valence electrons. The van der Waals surface area contributed by atoms with Crippen molar-refractivity contribution in [2.75, 3.05) is 18.6 Å². The van der Waals surface area contributed by atoms with Gasteiger partial charge in [0.15, 0.2) is 0 Å². The molecule has 1 amide bonds. The number of benzene rings is 1. The van der Waals surface area contributed by atoms with E-state index in [-0.39, 0.29) is 12.5 Å². The van der Waals surface area contributed by atoms with E-state index in [4.69, 9.17) is 0 Å². The molecule has 1 rings (SSSR count). The van der Waals surface area contributed by atoms with Crippen LogP contribution in [-0.4, -0.2) is 35.2 Å². The largest absolute Gasteiger partial charge is 0.387 e. The lowest BCUT2D eigenvalue weighted by Crippen LogP contribution is -2.42. The Hall–Kier alpha value is -0.0400. The number of carbonyl (C=O) groups excluding carboxylic acids is 1. The topological polar surface area (TPSA) is 49.3 Å². The van der Waals surface area contributed by atoms with Crippen molar-refractivity contribution in [2.45, 2.75) is 12.5 Å². The fourth-order valence-electron chi connectivity index (χ4n) is 1.40. The Morgan fingerprint density at radius 3 is 2.72 bits per heavy atom. The van der Waals surface area contributed by atoms with Crippen molar-refractivity contribution in [2.24, 2.45) is 0 Å². The van der Waals surface area contributed by atoms with Crippen LogP contribution in [0.4, 0.5) is 0 Å². The first-order chi connectivity index (χ1) is 8.35. The molecular weight excluding hydrogens is 382 g/mol. The van der Waals surface area contributed by atoms with Gasteiger partial charge in [-0.05, 0) is 47.3 Å². The molecule has 0 aliphatic heterocycles. The summed E-state index contributed by atoms with van der Waals surface area (Å²) in [6.07, 6.45) is 1.92. The summed E-state index contributed by atoms with van der Waals surface area (Å²) in [7, 11) is 0. The molecule has 2 N–H and O–H groups in total. The van der Waals surface area contributed by atoms with Gasteiger partial charge in [0.05, 0.1) is 11.2 Å². The molecular formula is C12H15Br2NO2S. The highest BCUT2D eigenvalue weighted by molar-refractivity contribution is 9.11. The lowest BCUT2D eigenvalue weighted by Gasteiger charge is -2.22. The molecule has 6 heteroatoms. The average molecular weight is 397 g/mol. The smallest absolute Gasteiger partial charge is 0.252 e. The molecule has 1 aromatic rings. The first kappa shape index (κ1) is 16.0. The van der Waals surface area contributed by atoms with Crippen molar-refractivity contribution in [3.63, 3.8) is 0 Å². The number of nitrogens with one attached hydrogen (secondary N) is 1. The van der Waals surface area contributed by atoms with Gasteiger partial charge in [-0.15, -0.1) is 0 Å². The van der Waals surface area contributed by atoms with E-state index in [1.54, 1.807) is 30.8 Å². The Morgan fingerprint density at radius 2 is 2.17 bits per heavy atom. The molecule has 0 aliphatic rings. The molecule has 18 heavy (non-hydrogen) atoms. The molecule has 0 aromatic heterocycles. The fourth-order valence-corrected chi connectivity index (χ4v) is 3.35. The van der Waals surface area contributed by atoms with E-state index < -0.39 is 5.60 Å². The van der Waals surface area contributed by atoms with E-state index in [0.717, 1.165) is 8.95 Å². The Morgan fingerprint density at radius 1 is 1.50 bits per heavy atom. The molecule has 0 spiro atoms. The standard InChI is InChI=1S/C12H15Br2NO2S/c1-12(17,7-18-2)6-15-11(16)9-4-3-8(13)5-10(9)14/h3-5,17H,6-7H2,1-2H3,(H,15,16). The van der Waals surface area contributed by atoms with Crippen LogP contribution in [0.5, 0.6) is 0 Å². The monoisotopic (exact) mass is 395 g/mol. The molecule has 1 aromatic carbocycles. The van der Waals surface area contributed by atoms with Gasteiger partial charge in [-0.3, -0.25) is 4.79 Å². The predicted molar refractivity (Wildman–Crippen MR) is 83.2 cm³/mol. The van der Waals surface area contributed by atoms with Gasteiger partial charge in [0.1, 0.15) is 0 Å². The van der Waals surface area contributed by atoms with E-state index in [2.05, 4.69) is 37.2 Å². The van der Waals surface area contributed by atoms with E-state index in [9.17, 15) is 9.90 Å². The predicted octanol–water partition coefficient (Wildman–Crippen LogP) is 3.06. The second kappa shape index (κ2) is 6.93. The molecule has 1 atom stereocenters. The van der Waals surface area contributed by atoms with Crippen LogP contribution in [0.2, 0.25) is 0 Å². The van der Waals surface area contributed by atoms with Gasteiger partial charge in [-0.2, -0.15) is 11.8 Å². The molecule has 0 aliphatic carbocycles. The van der Waals surface area contributed by atoms with Gasteiger partial charge >= 0.3 is 0 Å². The number of thioether (sulfide) groups is 1. The number of amides is 1. The highest BCUT2D eigenvalue weighted by Crippen LogP contribution is 2.22. The molecule has 0 saturated heterocycles. The number of hydrogen-bond acceptors (Lipinski definition) is 3. The minimum atomic E-state index is -0.892. The number of rotatable bonds is 5. The average Bonchev–Trinajstić information content (AvgIpc) is 2.26. The Balaban J connectivity index is 2.66. The summed E-state index contributed by atoms with van der Waals surface area (Å²) in [5, 5.41) is 12.7. The molecule has 0 fully saturated rings. The number of aliphatic hydroxyl groups is 1. The maximum Gasteiger partial charge on any atom is 0.252 e. The van der Waals surface area contributed by atoms with Crippen molar-refractivity contribution in [1.29, 1.82) is 0 Å². The normalized spacial score (nSPS) is 14.1. The van der Waals surface area contributed by atoms with Crippen LogP contribution in [0.3, 0.4) is 0 Å². The van der Waals surface area contributed by atoms with Crippen molar-refractivity contribution < 1.29 is 9.90 Å². The third kappa shape index (κ3) is 4.91. The molecule has 0 radical (unpaired) electrons. The molecule has 0 heterocycles. The van der Waals surface area contributed by atoms with Gasteiger partial charge < -0.3 is 10.4 Å². The summed E-state index contributed by atoms with van der Waals surface area (Å²) in [5.74, 6) is 0.380. The van der Waals surface area contributed by atoms with Gasteiger partial charge in [-0.1, -0.05) is 15.9 Å². The highest BCUT2D eigenvalue weighted by atomic mass is 79.9. The third-order valence-corrected chi connectivity index (χ3v) is 4.32. The van der Waals surface area contributed by atoms with Crippen molar-refractivity contribution in [3.05, 3.63) is 32.7 Å². The minimum absolute atomic E-state index is 0.198. The van der Waals surface area contributed by atoms with E-state index in [1.807, 2.05) is 12.3 Å². The summed E-state index contributed by atoms with van der Waals surface area (Å²) < 4.78 is 1.62. The van der Waals surface area contributed by atoms with Crippen molar-refractivity contribution in [1.82, 2.24) is 5.32 Å². The lowest BCUT2D eigenvalue weighted by molar-refractivity contribution is 0.0724. The van der Waals surface area contributed by atoms with E-state index >= 15 is 0 Å². The Labute approximate surface area is 128 Å². The summed E-state index contributed by atoms with van der Waals surface area (Å²) in [6.45, 7) is 1.94. The van der Waals surface area contributed by atoms with Crippen LogP contribution >= 0.6 is 43.6 Å². The number of carbonyl (C=O) groups is 1. The maximum absolute atomic E-state index is 12.0. The summed E-state index contributed by atoms with van der Waals surface area (Å²) in [5.41, 5.74) is -0.338. The minimum Gasteiger partial charge on any atom is -0.387 e. The molecule has 1 unspecified atom stereocenters. The molecule has 3 nitrogen and oxygen atoms in total. The van der Waals surface area contributed by atoms with Crippen LogP contribution in [-0.2, 0) is 0 Å². The van der Waals surface area contributed by atoms with Crippen molar-refractivity contribution >= 4 is 49.5 Å². The Kier molecular flexibility index (Phi) is 6.17. The van der Waals surface area contributed by atoms with Gasteiger partial charge in [-0.25, -0.2) is 0 Å². The summed E-state index contributed by atoms with van der Waals surface area (Å²) >= 11 is 8.22. The maximum atomic E-state index is 12.0. The second-order valence-corrected chi connectivity index (χ2v) is 6.87. The van der Waals surface area contributed by atoms with Crippen LogP contribution < -0.4 is 5.32 Å².